The number of rotatable bonds is 1. The molecule has 4 rings (SSSR count). The molecule has 0 spiro atoms. The maximum Gasteiger partial charge on any atom is 0.0576 e. The van der Waals surface area contributed by atoms with E-state index in [0.717, 1.165) is 30.1 Å². The zero-order chi connectivity index (χ0) is 15.5. The predicted octanol–water partition coefficient (Wildman–Crippen LogP) is 5.42. The molecule has 0 aromatic carbocycles. The highest BCUT2D eigenvalue weighted by Crippen LogP contribution is 2.67. The van der Waals surface area contributed by atoms with Crippen molar-refractivity contribution in [3.63, 3.8) is 0 Å². The monoisotopic (exact) mass is 304 g/mol. The second-order valence-electron chi connectivity index (χ2n) is 9.77. The maximum absolute atomic E-state index is 10.7. The first-order valence-electron chi connectivity index (χ1n) is 10.2. The summed E-state index contributed by atoms with van der Waals surface area (Å²) >= 11 is 0. The van der Waals surface area contributed by atoms with Crippen LogP contribution < -0.4 is 0 Å². The Balaban J connectivity index is 1.64. The fraction of sp³-hybridized carbons (Fsp3) is 1.00. The Morgan fingerprint density at radius 1 is 0.909 bits per heavy atom. The van der Waals surface area contributed by atoms with Gasteiger partial charge >= 0.3 is 0 Å². The van der Waals surface area contributed by atoms with E-state index in [-0.39, 0.29) is 6.10 Å². The summed E-state index contributed by atoms with van der Waals surface area (Å²) < 4.78 is 0. The highest BCUT2D eigenvalue weighted by Gasteiger charge is 2.61. The van der Waals surface area contributed by atoms with Crippen LogP contribution in [0.5, 0.6) is 0 Å². The first-order valence-corrected chi connectivity index (χ1v) is 10.2. The van der Waals surface area contributed by atoms with Crippen molar-refractivity contribution in [1.82, 2.24) is 0 Å². The second-order valence-corrected chi connectivity index (χ2v) is 9.77. The van der Waals surface area contributed by atoms with E-state index in [1.54, 1.807) is 0 Å². The summed E-state index contributed by atoms with van der Waals surface area (Å²) in [4.78, 5) is 0. The van der Waals surface area contributed by atoms with Crippen LogP contribution in [-0.2, 0) is 0 Å². The third-order valence-corrected chi connectivity index (χ3v) is 9.27. The lowest BCUT2D eigenvalue weighted by atomic mass is 9.45. The van der Waals surface area contributed by atoms with Gasteiger partial charge in [0.25, 0.3) is 0 Å². The predicted molar refractivity (Wildman–Crippen MR) is 91.5 cm³/mol. The molecule has 1 nitrogen and oxygen atoms in total. The molecule has 0 aromatic rings. The van der Waals surface area contributed by atoms with Crippen LogP contribution in [0.3, 0.4) is 0 Å². The first kappa shape index (κ1) is 15.5. The maximum atomic E-state index is 10.7. The van der Waals surface area contributed by atoms with Gasteiger partial charge < -0.3 is 5.11 Å². The summed E-state index contributed by atoms with van der Waals surface area (Å²) in [6.45, 7) is 7.49. The second kappa shape index (κ2) is 5.23. The molecule has 0 saturated heterocycles. The molecule has 8 atom stereocenters. The lowest BCUT2D eigenvalue weighted by Crippen LogP contribution is -2.52. The minimum atomic E-state index is -0.0179. The van der Waals surface area contributed by atoms with Gasteiger partial charge in [0.1, 0.15) is 0 Å². The Labute approximate surface area is 137 Å². The van der Waals surface area contributed by atoms with Gasteiger partial charge in [-0.05, 0) is 85.4 Å². The summed E-state index contributed by atoms with van der Waals surface area (Å²) in [5.41, 5.74) is 1.07. The molecule has 1 heteroatoms. The summed E-state index contributed by atoms with van der Waals surface area (Å²) in [5.74, 6) is 4.28. The van der Waals surface area contributed by atoms with Gasteiger partial charge in [-0.2, -0.15) is 0 Å². The topological polar surface area (TPSA) is 20.2 Å². The van der Waals surface area contributed by atoms with Crippen molar-refractivity contribution in [2.24, 2.45) is 40.4 Å². The number of hydrogen-bond donors (Lipinski definition) is 1. The fourth-order valence-corrected chi connectivity index (χ4v) is 8.15. The van der Waals surface area contributed by atoms with E-state index in [2.05, 4.69) is 20.8 Å². The van der Waals surface area contributed by atoms with Gasteiger partial charge in [0.05, 0.1) is 6.10 Å². The van der Waals surface area contributed by atoms with Crippen molar-refractivity contribution in [3.8, 4) is 0 Å². The molecule has 4 fully saturated rings. The van der Waals surface area contributed by atoms with E-state index in [4.69, 9.17) is 0 Å². The molecule has 0 bridgehead atoms. The molecule has 4 saturated carbocycles. The molecule has 0 amide bonds. The average molecular weight is 305 g/mol. The van der Waals surface area contributed by atoms with E-state index in [0.29, 0.717) is 16.7 Å². The van der Waals surface area contributed by atoms with Gasteiger partial charge in [-0.1, -0.05) is 40.0 Å². The van der Waals surface area contributed by atoms with Gasteiger partial charge in [-0.25, -0.2) is 0 Å². The molecule has 1 N–H and O–H groups in total. The normalized spacial score (nSPS) is 57.8. The van der Waals surface area contributed by atoms with Gasteiger partial charge in [0.15, 0.2) is 0 Å². The summed E-state index contributed by atoms with van der Waals surface area (Å²) in [6, 6.07) is 0. The number of aliphatic hydroxyl groups is 1. The first-order chi connectivity index (χ1) is 10.5. The van der Waals surface area contributed by atoms with Crippen molar-refractivity contribution >= 4 is 0 Å². The van der Waals surface area contributed by atoms with E-state index in [1.165, 1.54) is 57.8 Å². The minimum Gasteiger partial charge on any atom is -0.393 e. The summed E-state index contributed by atoms with van der Waals surface area (Å²) in [5, 5.41) is 10.7. The smallest absolute Gasteiger partial charge is 0.0576 e. The Hall–Kier alpha value is -0.0400. The molecule has 126 valence electrons. The molecule has 4 aliphatic carbocycles. The minimum absolute atomic E-state index is 0.0179. The van der Waals surface area contributed by atoms with E-state index in [9.17, 15) is 5.11 Å². The summed E-state index contributed by atoms with van der Waals surface area (Å²) in [7, 11) is 0. The third-order valence-electron chi connectivity index (χ3n) is 9.27. The van der Waals surface area contributed by atoms with Crippen molar-refractivity contribution in [1.29, 1.82) is 0 Å². The SMILES string of the molecule is CCC1[C@H](O)CC2C3CC[C@H]4CCCCC4(C)C3CCC21C. The van der Waals surface area contributed by atoms with Crippen LogP contribution in [0.15, 0.2) is 0 Å². The van der Waals surface area contributed by atoms with Crippen molar-refractivity contribution in [2.75, 3.05) is 0 Å². The molecule has 0 radical (unpaired) electrons. The molecule has 22 heavy (non-hydrogen) atoms. The molecule has 0 aromatic heterocycles. The average Bonchev–Trinajstić information content (AvgIpc) is 2.76. The molecule has 4 aliphatic rings. The van der Waals surface area contributed by atoms with Gasteiger partial charge in [0.2, 0.25) is 0 Å². The molecular weight excluding hydrogens is 268 g/mol. The standard InChI is InChI=1S/C21H36O/c1-4-16-19(22)13-18-15-9-8-14-7-5-6-11-20(14,2)17(15)10-12-21(16,18)3/h14-19,22H,4-13H2,1-3H3/t14-,15?,16?,17?,18?,19-,20?,21?/m1/s1. The molecule has 0 heterocycles. The number of hydrogen-bond acceptors (Lipinski definition) is 1. The zero-order valence-electron chi connectivity index (χ0n) is 15.0. The third kappa shape index (κ3) is 1.93. The van der Waals surface area contributed by atoms with Gasteiger partial charge in [-0.3, -0.25) is 0 Å². The van der Waals surface area contributed by atoms with E-state index >= 15 is 0 Å². The molecular formula is C21H36O. The highest BCUT2D eigenvalue weighted by atomic mass is 16.3. The van der Waals surface area contributed by atoms with Gasteiger partial charge in [-0.15, -0.1) is 0 Å². The fourth-order valence-electron chi connectivity index (χ4n) is 8.15. The van der Waals surface area contributed by atoms with Gasteiger partial charge in [0, 0.05) is 0 Å². The Kier molecular flexibility index (Phi) is 3.68. The van der Waals surface area contributed by atoms with Crippen molar-refractivity contribution in [3.05, 3.63) is 0 Å². The highest BCUT2D eigenvalue weighted by molar-refractivity contribution is 5.10. The molecule has 6 unspecified atom stereocenters. The van der Waals surface area contributed by atoms with E-state index < -0.39 is 0 Å². The number of fused-ring (bicyclic) bond motifs is 5. The number of aliphatic hydroxyl groups excluding tert-OH is 1. The Morgan fingerprint density at radius 3 is 2.50 bits per heavy atom. The summed E-state index contributed by atoms with van der Waals surface area (Å²) in [6.07, 6.45) is 14.0. The largest absolute Gasteiger partial charge is 0.393 e. The van der Waals surface area contributed by atoms with E-state index in [1.807, 2.05) is 0 Å². The van der Waals surface area contributed by atoms with Crippen LogP contribution in [0.1, 0.15) is 85.0 Å². The quantitative estimate of drug-likeness (QED) is 0.686. The Bertz CT molecular complexity index is 426. The Morgan fingerprint density at radius 2 is 1.73 bits per heavy atom. The van der Waals surface area contributed by atoms with Crippen LogP contribution in [0.25, 0.3) is 0 Å². The van der Waals surface area contributed by atoms with Crippen molar-refractivity contribution < 1.29 is 5.11 Å². The van der Waals surface area contributed by atoms with Crippen LogP contribution in [0, 0.1) is 40.4 Å². The lowest BCUT2D eigenvalue weighted by molar-refractivity contribution is -0.111. The molecule has 0 aliphatic heterocycles. The van der Waals surface area contributed by atoms with Crippen LogP contribution in [0.2, 0.25) is 0 Å². The van der Waals surface area contributed by atoms with Crippen LogP contribution in [-0.4, -0.2) is 11.2 Å². The lowest BCUT2D eigenvalue weighted by Gasteiger charge is -2.60. The van der Waals surface area contributed by atoms with Crippen molar-refractivity contribution in [2.45, 2.75) is 91.1 Å². The van der Waals surface area contributed by atoms with Crippen LogP contribution in [0.4, 0.5) is 0 Å². The van der Waals surface area contributed by atoms with Crippen LogP contribution >= 0.6 is 0 Å². The zero-order valence-corrected chi connectivity index (χ0v) is 15.0.